The number of alkyl halides is 1. The molecule has 2 nitrogen and oxygen atoms in total. The van der Waals surface area contributed by atoms with E-state index in [0.717, 1.165) is 0 Å². The van der Waals surface area contributed by atoms with Gasteiger partial charge < -0.3 is 10.8 Å². The van der Waals surface area contributed by atoms with Gasteiger partial charge in [0.1, 0.15) is 12.4 Å². The highest BCUT2D eigenvalue weighted by Gasteiger charge is 2.07. The molecule has 0 saturated heterocycles. The predicted octanol–water partition coefficient (Wildman–Crippen LogP) is 2.01. The van der Waals surface area contributed by atoms with E-state index >= 15 is 0 Å². The fourth-order valence-electron chi connectivity index (χ4n) is 0.843. The van der Waals surface area contributed by atoms with Gasteiger partial charge in [0, 0.05) is 0 Å². The molecule has 1 atom stereocenters. The summed E-state index contributed by atoms with van der Waals surface area (Å²) in [4.78, 5) is 0. The van der Waals surface area contributed by atoms with E-state index in [1.54, 1.807) is 6.07 Å². The third-order valence-corrected chi connectivity index (χ3v) is 1.87. The Morgan fingerprint density at radius 1 is 1.58 bits per heavy atom. The molecular formula is C8H9ClFNO. The zero-order valence-corrected chi connectivity index (χ0v) is 7.05. The topological polar surface area (TPSA) is 46.2 Å². The fraction of sp³-hybridized carbons (Fsp3) is 0.250. The van der Waals surface area contributed by atoms with Gasteiger partial charge in [-0.3, -0.25) is 0 Å². The molecule has 0 amide bonds. The molecule has 0 radical (unpaired) electrons. The van der Waals surface area contributed by atoms with Gasteiger partial charge in [-0.15, -0.1) is 0 Å². The summed E-state index contributed by atoms with van der Waals surface area (Å²) >= 11 is 5.59. The number of phenolic OH excluding ortho intramolecular Hbond substituents is 1. The van der Waals surface area contributed by atoms with Gasteiger partial charge in [-0.25, -0.2) is 4.39 Å². The molecular weight excluding hydrogens is 181 g/mol. The summed E-state index contributed by atoms with van der Waals surface area (Å²) in [5.74, 6) is -0.0218. The Bertz CT molecular complexity index is 280. The van der Waals surface area contributed by atoms with Crippen LogP contribution in [-0.4, -0.2) is 11.8 Å². The van der Waals surface area contributed by atoms with Crippen molar-refractivity contribution in [3.8, 4) is 5.75 Å². The first kappa shape index (κ1) is 9.29. The van der Waals surface area contributed by atoms with Crippen molar-refractivity contribution in [3.63, 3.8) is 0 Å². The van der Waals surface area contributed by atoms with Crippen LogP contribution in [0.2, 0.25) is 5.02 Å². The maximum atomic E-state index is 12.1. The number of aromatic hydroxyl groups is 1. The molecule has 0 aliphatic rings. The van der Waals surface area contributed by atoms with Gasteiger partial charge in [-0.2, -0.15) is 0 Å². The molecule has 0 aromatic heterocycles. The lowest BCUT2D eigenvalue weighted by Gasteiger charge is -2.07. The highest BCUT2D eigenvalue weighted by Crippen LogP contribution is 2.25. The minimum Gasteiger partial charge on any atom is -0.506 e. The van der Waals surface area contributed by atoms with Gasteiger partial charge in [0.05, 0.1) is 11.1 Å². The minimum atomic E-state index is -0.664. The molecule has 1 aromatic carbocycles. The Labute approximate surface area is 74.8 Å². The van der Waals surface area contributed by atoms with Gasteiger partial charge >= 0.3 is 0 Å². The normalized spacial score (nSPS) is 12.9. The van der Waals surface area contributed by atoms with Crippen LogP contribution in [0.3, 0.4) is 0 Å². The fourth-order valence-corrected chi connectivity index (χ4v) is 1.03. The van der Waals surface area contributed by atoms with Gasteiger partial charge in [-0.1, -0.05) is 17.7 Å². The van der Waals surface area contributed by atoms with E-state index in [9.17, 15) is 4.39 Å². The lowest BCUT2D eigenvalue weighted by Crippen LogP contribution is -2.11. The van der Waals surface area contributed by atoms with E-state index < -0.39 is 12.7 Å². The van der Waals surface area contributed by atoms with Crippen molar-refractivity contribution < 1.29 is 9.50 Å². The molecule has 0 fully saturated rings. The van der Waals surface area contributed by atoms with Crippen LogP contribution >= 0.6 is 11.6 Å². The van der Waals surface area contributed by atoms with Crippen LogP contribution in [0.25, 0.3) is 0 Å². The second kappa shape index (κ2) is 3.74. The minimum absolute atomic E-state index is 0.0218. The lowest BCUT2D eigenvalue weighted by atomic mass is 10.1. The SMILES string of the molecule is NC(CF)c1ccc(O)c(Cl)c1. The van der Waals surface area contributed by atoms with Crippen LogP contribution in [0.4, 0.5) is 4.39 Å². The highest BCUT2D eigenvalue weighted by molar-refractivity contribution is 6.32. The summed E-state index contributed by atoms with van der Waals surface area (Å²) in [6, 6.07) is 3.74. The Morgan fingerprint density at radius 3 is 2.75 bits per heavy atom. The molecule has 0 aliphatic carbocycles. The number of halogens is 2. The first-order valence-electron chi connectivity index (χ1n) is 3.45. The van der Waals surface area contributed by atoms with Crippen molar-refractivity contribution in [2.45, 2.75) is 6.04 Å². The van der Waals surface area contributed by atoms with E-state index in [4.69, 9.17) is 22.4 Å². The molecule has 1 aromatic rings. The Kier molecular flexibility index (Phi) is 2.89. The number of benzene rings is 1. The number of hydrogen-bond donors (Lipinski definition) is 2. The average Bonchev–Trinajstić information content (AvgIpc) is 2.08. The first-order chi connectivity index (χ1) is 5.65. The van der Waals surface area contributed by atoms with Crippen LogP contribution in [0.15, 0.2) is 18.2 Å². The van der Waals surface area contributed by atoms with Gasteiger partial charge in [0.25, 0.3) is 0 Å². The molecule has 3 N–H and O–H groups in total. The number of hydrogen-bond acceptors (Lipinski definition) is 2. The molecule has 0 heterocycles. The second-order valence-corrected chi connectivity index (χ2v) is 2.88. The molecule has 12 heavy (non-hydrogen) atoms. The van der Waals surface area contributed by atoms with Crippen molar-refractivity contribution in [3.05, 3.63) is 28.8 Å². The highest BCUT2D eigenvalue weighted by atomic mass is 35.5. The Balaban J connectivity index is 2.96. The zero-order valence-electron chi connectivity index (χ0n) is 6.30. The zero-order chi connectivity index (χ0) is 9.14. The van der Waals surface area contributed by atoms with E-state index in [1.807, 2.05) is 0 Å². The van der Waals surface area contributed by atoms with Gasteiger partial charge in [0.15, 0.2) is 0 Å². The predicted molar refractivity (Wildman–Crippen MR) is 46.0 cm³/mol. The van der Waals surface area contributed by atoms with E-state index in [-0.39, 0.29) is 10.8 Å². The third-order valence-electron chi connectivity index (χ3n) is 1.57. The monoisotopic (exact) mass is 189 g/mol. The Morgan fingerprint density at radius 2 is 2.25 bits per heavy atom. The molecule has 1 rings (SSSR count). The third kappa shape index (κ3) is 1.87. The molecule has 1 unspecified atom stereocenters. The average molecular weight is 190 g/mol. The summed E-state index contributed by atoms with van der Waals surface area (Å²) in [5, 5.41) is 9.22. The first-order valence-corrected chi connectivity index (χ1v) is 3.83. The maximum Gasteiger partial charge on any atom is 0.134 e. The van der Waals surface area contributed by atoms with Crippen LogP contribution in [0.5, 0.6) is 5.75 Å². The molecule has 0 aliphatic heterocycles. The standard InChI is InChI=1S/C8H9ClFNO/c9-6-3-5(7(11)4-10)1-2-8(6)12/h1-3,7,12H,4,11H2. The van der Waals surface area contributed by atoms with Crippen molar-refractivity contribution in [1.82, 2.24) is 0 Å². The largest absolute Gasteiger partial charge is 0.506 e. The van der Waals surface area contributed by atoms with Crippen molar-refractivity contribution in [2.75, 3.05) is 6.67 Å². The summed E-state index contributed by atoms with van der Waals surface area (Å²) in [6.07, 6.45) is 0. The summed E-state index contributed by atoms with van der Waals surface area (Å²) < 4.78 is 12.1. The quantitative estimate of drug-likeness (QED) is 0.748. The molecule has 0 saturated carbocycles. The van der Waals surface area contributed by atoms with Crippen molar-refractivity contribution in [1.29, 1.82) is 0 Å². The molecule has 4 heteroatoms. The van der Waals surface area contributed by atoms with Crippen molar-refractivity contribution >= 4 is 11.6 Å². The summed E-state index contributed by atoms with van der Waals surface area (Å²) in [5.41, 5.74) is 5.98. The van der Waals surface area contributed by atoms with Crippen LogP contribution in [0, 0.1) is 0 Å². The van der Waals surface area contributed by atoms with E-state index in [0.29, 0.717) is 5.56 Å². The van der Waals surface area contributed by atoms with Crippen molar-refractivity contribution in [2.24, 2.45) is 5.73 Å². The molecule has 66 valence electrons. The van der Waals surface area contributed by atoms with Crippen LogP contribution in [-0.2, 0) is 0 Å². The van der Waals surface area contributed by atoms with Gasteiger partial charge in [-0.05, 0) is 17.7 Å². The smallest absolute Gasteiger partial charge is 0.134 e. The number of phenols is 1. The molecule has 0 bridgehead atoms. The molecule has 0 spiro atoms. The lowest BCUT2D eigenvalue weighted by molar-refractivity contribution is 0.436. The van der Waals surface area contributed by atoms with E-state index in [1.165, 1.54) is 12.1 Å². The van der Waals surface area contributed by atoms with Gasteiger partial charge in [0.2, 0.25) is 0 Å². The van der Waals surface area contributed by atoms with E-state index in [2.05, 4.69) is 0 Å². The maximum absolute atomic E-state index is 12.1. The number of rotatable bonds is 2. The van der Waals surface area contributed by atoms with Crippen LogP contribution in [0.1, 0.15) is 11.6 Å². The number of nitrogens with two attached hydrogens (primary N) is 1. The summed E-state index contributed by atoms with van der Waals surface area (Å²) in [6.45, 7) is -0.638. The Hall–Kier alpha value is -0.800. The summed E-state index contributed by atoms with van der Waals surface area (Å²) in [7, 11) is 0. The van der Waals surface area contributed by atoms with Crippen LogP contribution < -0.4 is 5.73 Å². The second-order valence-electron chi connectivity index (χ2n) is 2.47.